The molecule has 1 amide bonds. The van der Waals surface area contributed by atoms with Crippen molar-refractivity contribution < 1.29 is 52.1 Å². The minimum absolute atomic E-state index is 0. The van der Waals surface area contributed by atoms with Crippen molar-refractivity contribution in [3.63, 3.8) is 0 Å². The second-order valence-electron chi connectivity index (χ2n) is 4.18. The first-order chi connectivity index (χ1) is 6.81. The van der Waals surface area contributed by atoms with Crippen molar-refractivity contribution in [1.29, 1.82) is 0 Å². The number of aliphatic carboxylic acids is 1. The van der Waals surface area contributed by atoms with Gasteiger partial charge in [-0.1, -0.05) is 0 Å². The predicted molar refractivity (Wildman–Crippen MR) is 62.7 cm³/mol. The SMILES string of the molecule is CC(C)(C)OC(=O)N1[CH-]SCC1C(=O)O.[CH3-].[Y]. The van der Waals surface area contributed by atoms with Gasteiger partial charge in [-0.3, -0.25) is 4.79 Å². The van der Waals surface area contributed by atoms with Gasteiger partial charge in [0.2, 0.25) is 0 Å². The molecule has 0 aromatic carbocycles. The normalized spacial score (nSPS) is 19.0. The van der Waals surface area contributed by atoms with Gasteiger partial charge in [0.05, 0.1) is 0 Å². The van der Waals surface area contributed by atoms with Crippen molar-refractivity contribution in [3.05, 3.63) is 13.3 Å². The molecule has 17 heavy (non-hydrogen) atoms. The van der Waals surface area contributed by atoms with Crippen LogP contribution >= 0.6 is 11.8 Å². The van der Waals surface area contributed by atoms with E-state index in [9.17, 15) is 9.59 Å². The standard InChI is InChI=1S/C9H14NO4S.CH3.Y/c1-9(2,3)14-8(13)10-5-15-4-6(10)7(11)12;;/h5-6H,4H2,1-3H3,(H,11,12);1H3;/q2*-1;. The minimum Gasteiger partial charge on any atom is -0.480 e. The van der Waals surface area contributed by atoms with E-state index in [0.29, 0.717) is 5.75 Å². The summed E-state index contributed by atoms with van der Waals surface area (Å²) in [4.78, 5) is 23.5. The van der Waals surface area contributed by atoms with E-state index in [-0.39, 0.29) is 40.1 Å². The summed E-state index contributed by atoms with van der Waals surface area (Å²) in [7, 11) is 0. The quantitative estimate of drug-likeness (QED) is 0.742. The Hall–Kier alpha value is 0.194. The average Bonchev–Trinajstić information content (AvgIpc) is 2.47. The summed E-state index contributed by atoms with van der Waals surface area (Å²) in [6.45, 7) is 5.22. The number of carboxylic acids is 1. The van der Waals surface area contributed by atoms with Crippen LogP contribution in [0.3, 0.4) is 0 Å². The first-order valence-corrected chi connectivity index (χ1v) is 5.55. The predicted octanol–water partition coefficient (Wildman–Crippen LogP) is 1.99. The second kappa shape index (κ2) is 7.59. The number of thioether (sulfide) groups is 1. The summed E-state index contributed by atoms with van der Waals surface area (Å²) >= 11 is 1.29. The third-order valence-corrected chi connectivity index (χ3v) is 2.55. The van der Waals surface area contributed by atoms with Gasteiger partial charge in [-0.15, -0.1) is 0 Å². The molecule has 5 nitrogen and oxygen atoms in total. The minimum atomic E-state index is -1.01. The fourth-order valence-corrected chi connectivity index (χ4v) is 2.01. The van der Waals surface area contributed by atoms with Crippen LogP contribution in [0.2, 0.25) is 0 Å². The summed E-state index contributed by atoms with van der Waals surface area (Å²) in [6, 6.07) is -0.815. The number of ether oxygens (including phenoxy) is 1. The molecule has 1 aliphatic heterocycles. The number of carboxylic acid groups (broad SMARTS) is 1. The molecule has 0 bridgehead atoms. The number of hydrogen-bond donors (Lipinski definition) is 1. The van der Waals surface area contributed by atoms with Gasteiger partial charge < -0.3 is 33.9 Å². The van der Waals surface area contributed by atoms with Crippen LogP contribution < -0.4 is 0 Å². The number of carbonyl (C=O) groups excluding carboxylic acids is 1. The fourth-order valence-electron chi connectivity index (χ4n) is 1.04. The summed E-state index contributed by atoms with van der Waals surface area (Å²) in [5.74, 6) is 0.851. The van der Waals surface area contributed by atoms with E-state index in [1.54, 1.807) is 20.8 Å². The Kier molecular flexibility index (Phi) is 8.72. The second-order valence-corrected chi connectivity index (χ2v) is 5.06. The van der Waals surface area contributed by atoms with Crippen molar-refractivity contribution in [2.45, 2.75) is 32.4 Å². The molecular formula is C10H17NO4SY-2. The molecule has 1 heterocycles. The third-order valence-electron chi connectivity index (χ3n) is 1.67. The van der Waals surface area contributed by atoms with Crippen LogP contribution in [0.25, 0.3) is 0 Å². The van der Waals surface area contributed by atoms with E-state index in [1.807, 2.05) is 0 Å². The molecule has 1 radical (unpaired) electrons. The summed E-state index contributed by atoms with van der Waals surface area (Å²) in [5, 5.41) is 8.85. The molecule has 7 heteroatoms. The van der Waals surface area contributed by atoms with Gasteiger partial charge in [-0.2, -0.15) is 5.88 Å². The Morgan fingerprint density at radius 3 is 2.41 bits per heavy atom. The van der Waals surface area contributed by atoms with Crippen molar-refractivity contribution in [1.82, 2.24) is 4.90 Å². The third kappa shape index (κ3) is 6.06. The van der Waals surface area contributed by atoms with Gasteiger partial charge >= 0.3 is 12.1 Å². The molecule has 0 saturated carbocycles. The first kappa shape index (κ1) is 19.5. The van der Waals surface area contributed by atoms with Crippen molar-refractivity contribution in [3.8, 4) is 0 Å². The number of nitrogens with zero attached hydrogens (tertiary/aromatic N) is 1. The molecule has 1 atom stereocenters. The van der Waals surface area contributed by atoms with Gasteiger partial charge in [0.25, 0.3) is 0 Å². The first-order valence-electron chi connectivity index (χ1n) is 4.50. The van der Waals surface area contributed by atoms with Crippen LogP contribution in [0.4, 0.5) is 4.79 Å². The maximum Gasteiger partial charge on any atom is 0.381 e. The van der Waals surface area contributed by atoms with E-state index < -0.39 is 23.7 Å². The summed E-state index contributed by atoms with van der Waals surface area (Å²) in [5.41, 5.74) is -0.610. The van der Waals surface area contributed by atoms with Crippen molar-refractivity contribution in [2.75, 3.05) is 5.75 Å². The van der Waals surface area contributed by atoms with Gasteiger partial charge in [0.15, 0.2) is 0 Å². The van der Waals surface area contributed by atoms with Crippen molar-refractivity contribution >= 4 is 23.8 Å². The molecule has 1 aliphatic rings. The molecule has 1 unspecified atom stereocenters. The Morgan fingerprint density at radius 1 is 1.47 bits per heavy atom. The Balaban J connectivity index is 0. The van der Waals surface area contributed by atoms with Crippen molar-refractivity contribution in [2.24, 2.45) is 0 Å². The van der Waals surface area contributed by atoms with E-state index >= 15 is 0 Å². The van der Waals surface area contributed by atoms with E-state index in [0.717, 1.165) is 4.90 Å². The molecule has 0 spiro atoms. The number of rotatable bonds is 1. The van der Waals surface area contributed by atoms with Crippen LogP contribution in [-0.2, 0) is 42.2 Å². The van der Waals surface area contributed by atoms with Crippen LogP contribution in [0.1, 0.15) is 20.8 Å². The fraction of sp³-hybridized carbons (Fsp3) is 0.600. The maximum atomic E-state index is 11.6. The number of carbonyl (C=O) groups is 2. The average molecular weight is 336 g/mol. The van der Waals surface area contributed by atoms with Crippen LogP contribution in [0.15, 0.2) is 0 Å². The van der Waals surface area contributed by atoms with Crippen LogP contribution in [0.5, 0.6) is 0 Å². The molecule has 0 aromatic heterocycles. The van der Waals surface area contributed by atoms with Crippen LogP contribution in [-0.4, -0.2) is 39.5 Å². The van der Waals surface area contributed by atoms with E-state index in [4.69, 9.17) is 9.84 Å². The molecule has 1 fully saturated rings. The molecule has 1 rings (SSSR count). The zero-order chi connectivity index (χ0) is 11.6. The van der Waals surface area contributed by atoms with Crippen LogP contribution in [0, 0.1) is 13.3 Å². The Bertz CT molecular complexity index is 280. The monoisotopic (exact) mass is 336 g/mol. The molecule has 1 saturated heterocycles. The van der Waals surface area contributed by atoms with Gasteiger partial charge in [-0.25, -0.2) is 4.79 Å². The molecule has 97 valence electrons. The summed E-state index contributed by atoms with van der Waals surface area (Å²) in [6.07, 6.45) is -0.611. The molecule has 0 aromatic rings. The largest absolute Gasteiger partial charge is 0.480 e. The van der Waals surface area contributed by atoms with Gasteiger partial charge in [0, 0.05) is 32.7 Å². The molecule has 1 N–H and O–H groups in total. The molecular weight excluding hydrogens is 319 g/mol. The topological polar surface area (TPSA) is 66.8 Å². The number of amides is 1. The zero-order valence-corrected chi connectivity index (χ0v) is 14.1. The van der Waals surface area contributed by atoms with Gasteiger partial charge in [0.1, 0.15) is 11.6 Å². The Morgan fingerprint density at radius 2 is 2.00 bits per heavy atom. The summed E-state index contributed by atoms with van der Waals surface area (Å²) < 4.78 is 5.08. The maximum absolute atomic E-state index is 11.6. The van der Waals surface area contributed by atoms with E-state index in [2.05, 4.69) is 0 Å². The van der Waals surface area contributed by atoms with E-state index in [1.165, 1.54) is 17.6 Å². The zero-order valence-electron chi connectivity index (χ0n) is 10.5. The van der Waals surface area contributed by atoms with Gasteiger partial charge in [-0.05, 0) is 26.5 Å². The number of hydrogen-bond acceptors (Lipinski definition) is 4. The molecule has 0 aliphatic carbocycles. The Labute approximate surface area is 132 Å². The smallest absolute Gasteiger partial charge is 0.381 e.